The van der Waals surface area contributed by atoms with Gasteiger partial charge in [0.1, 0.15) is 0 Å². The van der Waals surface area contributed by atoms with Crippen LogP contribution < -0.4 is 5.32 Å². The number of anilines is 1. The second-order valence-corrected chi connectivity index (χ2v) is 9.18. The van der Waals surface area contributed by atoms with Crippen molar-refractivity contribution in [3.05, 3.63) is 77.8 Å². The van der Waals surface area contributed by atoms with Crippen LogP contribution in [0.15, 0.2) is 60.0 Å². The highest BCUT2D eigenvalue weighted by Crippen LogP contribution is 2.46. The first kappa shape index (κ1) is 25.7. The van der Waals surface area contributed by atoms with Crippen molar-refractivity contribution in [2.24, 2.45) is 7.05 Å². The highest BCUT2D eigenvalue weighted by molar-refractivity contribution is 7.99. The van der Waals surface area contributed by atoms with Gasteiger partial charge in [0.15, 0.2) is 28.1 Å². The van der Waals surface area contributed by atoms with Gasteiger partial charge in [0.25, 0.3) is 0 Å². The number of imidazole rings is 1. The molecule has 2 aromatic heterocycles. The molecule has 190 valence electrons. The third-order valence-electron chi connectivity index (χ3n) is 5.75. The highest BCUT2D eigenvalue weighted by atomic mass is 32.2. The third kappa shape index (κ3) is 4.70. The van der Waals surface area contributed by atoms with E-state index in [2.05, 4.69) is 15.3 Å². The van der Waals surface area contributed by atoms with Gasteiger partial charge >= 0.3 is 6.18 Å². The Hall–Kier alpha value is -3.38. The van der Waals surface area contributed by atoms with E-state index in [0.717, 1.165) is 6.07 Å². The van der Waals surface area contributed by atoms with Crippen LogP contribution in [0.5, 0.6) is 5.75 Å². The minimum atomic E-state index is -5.28. The number of thioether (sulfide) groups is 1. The van der Waals surface area contributed by atoms with Gasteiger partial charge in [-0.25, -0.2) is 13.8 Å². The minimum Gasteiger partial charge on any atom is -0.503 e. The Balaban J connectivity index is 1.88. The molecule has 0 radical (unpaired) electrons. The average Bonchev–Trinajstić information content (AvgIpc) is 3.23. The van der Waals surface area contributed by atoms with Gasteiger partial charge in [0, 0.05) is 47.5 Å². The van der Waals surface area contributed by atoms with E-state index >= 15 is 4.39 Å². The summed E-state index contributed by atoms with van der Waals surface area (Å²) in [6.07, 6.45) is -2.38. The number of fused-ring (bicyclic) bond motifs is 1. The molecule has 0 aliphatic rings. The molecule has 0 spiro atoms. The smallest absolute Gasteiger partial charge is 0.420 e. The summed E-state index contributed by atoms with van der Waals surface area (Å²) in [5.74, 6) is -5.40. The minimum absolute atomic E-state index is 0.123. The highest BCUT2D eigenvalue weighted by Gasteiger charge is 2.60. The number of benzene rings is 2. The van der Waals surface area contributed by atoms with Crippen LogP contribution in [0.3, 0.4) is 0 Å². The number of alkyl halides is 3. The van der Waals surface area contributed by atoms with Crippen molar-refractivity contribution < 1.29 is 32.2 Å². The predicted octanol–water partition coefficient (Wildman–Crippen LogP) is 5.50. The summed E-state index contributed by atoms with van der Waals surface area (Å²) in [4.78, 5) is 8.31. The van der Waals surface area contributed by atoms with E-state index in [1.165, 1.54) is 23.0 Å². The fraction of sp³-hybridized carbons (Fsp3) is 0.250. The second kappa shape index (κ2) is 9.58. The molecule has 2 heterocycles. The summed E-state index contributed by atoms with van der Waals surface area (Å²) < 4.78 is 73.9. The third-order valence-corrected chi connectivity index (χ3v) is 6.98. The number of rotatable bonds is 7. The van der Waals surface area contributed by atoms with Crippen molar-refractivity contribution in [1.29, 1.82) is 0 Å². The number of aromatic nitrogens is 3. The maximum atomic E-state index is 15.0. The molecular formula is C24H21F5N4O2S. The molecule has 0 aliphatic heterocycles. The van der Waals surface area contributed by atoms with E-state index in [4.69, 9.17) is 0 Å². The summed E-state index contributed by atoms with van der Waals surface area (Å²) in [7, 11) is 1.57. The molecule has 2 aromatic carbocycles. The predicted molar refractivity (Wildman–Crippen MR) is 126 cm³/mol. The number of nitrogens with one attached hydrogen (secondary N) is 1. The molecule has 0 amide bonds. The summed E-state index contributed by atoms with van der Waals surface area (Å²) >= 11 is 0.610. The number of aliphatic hydroxyl groups is 1. The Kier molecular flexibility index (Phi) is 6.84. The number of aryl methyl sites for hydroxylation is 2. The van der Waals surface area contributed by atoms with Crippen LogP contribution in [0.1, 0.15) is 17.3 Å². The summed E-state index contributed by atoms with van der Waals surface area (Å²) in [6.45, 7) is 1.75. The van der Waals surface area contributed by atoms with Crippen molar-refractivity contribution in [2.75, 3.05) is 11.1 Å². The van der Waals surface area contributed by atoms with E-state index in [1.54, 1.807) is 38.2 Å². The van der Waals surface area contributed by atoms with Crippen molar-refractivity contribution in [1.82, 2.24) is 14.5 Å². The Labute approximate surface area is 206 Å². The second-order valence-electron chi connectivity index (χ2n) is 8.23. The lowest BCUT2D eigenvalue weighted by atomic mass is 9.88. The van der Waals surface area contributed by atoms with Gasteiger partial charge in [-0.2, -0.15) is 13.2 Å². The topological polar surface area (TPSA) is 83.2 Å². The lowest BCUT2D eigenvalue weighted by Gasteiger charge is -2.39. The monoisotopic (exact) mass is 524 g/mol. The summed E-state index contributed by atoms with van der Waals surface area (Å²) in [5.41, 5.74) is -3.11. The van der Waals surface area contributed by atoms with Crippen LogP contribution in [0.25, 0.3) is 10.9 Å². The van der Waals surface area contributed by atoms with Gasteiger partial charge in [0.2, 0.25) is 0 Å². The SMILES string of the molecule is Cc1ccc2c(N[C@H](c3ccc(F)c(O)c3F)[C@](O)(CSc3nccn3C)C(F)(F)F)cccc2n1. The van der Waals surface area contributed by atoms with E-state index in [0.29, 0.717) is 34.4 Å². The van der Waals surface area contributed by atoms with Crippen LogP contribution in [0.2, 0.25) is 0 Å². The number of phenols is 1. The normalized spacial score (nSPS) is 14.6. The van der Waals surface area contributed by atoms with Crippen molar-refractivity contribution in [3.8, 4) is 5.75 Å². The molecule has 0 aliphatic carbocycles. The lowest BCUT2D eigenvalue weighted by molar-refractivity contribution is -0.256. The van der Waals surface area contributed by atoms with Crippen molar-refractivity contribution >= 4 is 28.4 Å². The summed E-state index contributed by atoms with van der Waals surface area (Å²) in [6, 6.07) is 7.14. The number of aromatic hydroxyl groups is 1. The molecular weight excluding hydrogens is 503 g/mol. The van der Waals surface area contributed by atoms with E-state index in [9.17, 15) is 27.8 Å². The van der Waals surface area contributed by atoms with E-state index in [-0.39, 0.29) is 10.8 Å². The van der Waals surface area contributed by atoms with Crippen molar-refractivity contribution in [3.63, 3.8) is 0 Å². The maximum absolute atomic E-state index is 15.0. The number of pyridine rings is 1. The van der Waals surface area contributed by atoms with Crippen LogP contribution in [-0.2, 0) is 7.05 Å². The number of hydrogen-bond donors (Lipinski definition) is 3. The quantitative estimate of drug-likeness (QED) is 0.219. The molecule has 3 N–H and O–H groups in total. The Morgan fingerprint density at radius 1 is 1.11 bits per heavy atom. The van der Waals surface area contributed by atoms with Gasteiger partial charge < -0.3 is 20.1 Å². The Bertz CT molecular complexity index is 1410. The number of halogens is 5. The Morgan fingerprint density at radius 2 is 1.86 bits per heavy atom. The average molecular weight is 525 g/mol. The van der Waals surface area contributed by atoms with Crippen LogP contribution in [0.4, 0.5) is 27.6 Å². The molecule has 2 atom stereocenters. The van der Waals surface area contributed by atoms with Crippen molar-refractivity contribution in [2.45, 2.75) is 29.9 Å². The summed E-state index contributed by atoms with van der Waals surface area (Å²) in [5, 5.41) is 24.2. The van der Waals surface area contributed by atoms with E-state index < -0.39 is 46.5 Å². The molecule has 0 bridgehead atoms. The molecule has 12 heteroatoms. The number of hydrogen-bond acceptors (Lipinski definition) is 6. The fourth-order valence-electron chi connectivity index (χ4n) is 3.77. The largest absolute Gasteiger partial charge is 0.503 e. The first-order chi connectivity index (χ1) is 16.9. The van der Waals surface area contributed by atoms with Crippen LogP contribution in [-0.4, -0.2) is 42.3 Å². The molecule has 0 saturated heterocycles. The maximum Gasteiger partial charge on any atom is 0.420 e. The van der Waals surface area contributed by atoms with Gasteiger partial charge in [-0.3, -0.25) is 4.98 Å². The van der Waals surface area contributed by atoms with Crippen LogP contribution >= 0.6 is 11.8 Å². The lowest BCUT2D eigenvalue weighted by Crippen LogP contribution is -2.55. The molecule has 6 nitrogen and oxygen atoms in total. The zero-order chi connectivity index (χ0) is 26.3. The first-order valence-corrected chi connectivity index (χ1v) is 11.6. The zero-order valence-electron chi connectivity index (χ0n) is 19.0. The molecule has 0 saturated carbocycles. The van der Waals surface area contributed by atoms with Gasteiger partial charge in [-0.1, -0.05) is 23.9 Å². The van der Waals surface area contributed by atoms with Gasteiger partial charge in [-0.15, -0.1) is 0 Å². The number of phenolic OH excluding ortho intramolecular Hbond substituents is 1. The molecule has 0 unspecified atom stereocenters. The zero-order valence-corrected chi connectivity index (χ0v) is 19.8. The van der Waals surface area contributed by atoms with E-state index in [1.807, 2.05) is 0 Å². The molecule has 4 aromatic rings. The molecule has 36 heavy (non-hydrogen) atoms. The van der Waals surface area contributed by atoms with Crippen LogP contribution in [0, 0.1) is 18.6 Å². The first-order valence-electron chi connectivity index (χ1n) is 10.6. The standard InChI is InChI=1S/C24H21F5N4O2S/c1-13-6-7-14-17(31-13)4-3-5-18(14)32-21(15-8-9-16(25)20(34)19(15)26)23(35,24(27,28)29)12-36-22-30-10-11-33(22)2/h3-11,21,32,34-35H,12H2,1-2H3/t21-,23-/m1/s1. The molecule has 4 rings (SSSR count). The molecule has 0 fully saturated rings. The van der Waals surface area contributed by atoms with Gasteiger partial charge in [0.05, 0.1) is 11.6 Å². The van der Waals surface area contributed by atoms with Gasteiger partial charge in [-0.05, 0) is 37.3 Å². The number of nitrogens with zero attached hydrogens (tertiary/aromatic N) is 3. The Morgan fingerprint density at radius 3 is 2.53 bits per heavy atom. The fourth-order valence-corrected chi connectivity index (χ4v) is 4.85.